The van der Waals surface area contributed by atoms with E-state index in [0.717, 1.165) is 5.56 Å². The number of carbonyl (C=O) groups is 3. The molecule has 3 aliphatic heterocycles. The Bertz CT molecular complexity index is 1030. The minimum Gasteiger partial charge on any atom is -0.285 e. The number of benzene rings is 2. The smallest absolute Gasteiger partial charge is 0.240 e. The van der Waals surface area contributed by atoms with E-state index in [2.05, 4.69) is 6.58 Å². The maximum atomic E-state index is 13.6. The lowest BCUT2D eigenvalue weighted by Gasteiger charge is -2.32. The maximum absolute atomic E-state index is 13.6. The fourth-order valence-electron chi connectivity index (χ4n) is 4.44. The van der Waals surface area contributed by atoms with Gasteiger partial charge in [-0.15, -0.1) is 30.1 Å². The molecule has 3 heterocycles. The Morgan fingerprint density at radius 3 is 2.24 bits per heavy atom. The highest BCUT2D eigenvalue weighted by atomic mass is 32.3. The Kier molecular flexibility index (Phi) is 4.46. The zero-order chi connectivity index (χ0) is 20.2. The van der Waals surface area contributed by atoms with Crippen LogP contribution in [0.1, 0.15) is 5.56 Å². The fourth-order valence-corrected chi connectivity index (χ4v) is 10.3. The average molecular weight is 440 g/mol. The van der Waals surface area contributed by atoms with Gasteiger partial charge in [0.15, 0.2) is 0 Å². The Morgan fingerprint density at radius 1 is 0.966 bits per heavy atom. The maximum Gasteiger partial charge on any atom is 0.240 e. The van der Waals surface area contributed by atoms with Gasteiger partial charge in [0, 0.05) is 5.75 Å². The van der Waals surface area contributed by atoms with Crippen LogP contribution in [0.2, 0.25) is 0 Å². The minimum atomic E-state index is -1.04. The number of anilines is 1. The van der Waals surface area contributed by atoms with Crippen molar-refractivity contribution < 1.29 is 14.4 Å². The van der Waals surface area contributed by atoms with Gasteiger partial charge in [-0.25, -0.2) is 4.90 Å². The Labute approximate surface area is 181 Å². The van der Waals surface area contributed by atoms with Gasteiger partial charge in [0.25, 0.3) is 0 Å². The second-order valence-electron chi connectivity index (χ2n) is 7.10. The SMILES string of the molecule is C=CCSC12SC(=O)C(c3ccccc3)(S1)[C@@H]1C(=O)N(c3ccccc3)C(=O)[C@@H]12. The molecule has 146 valence electrons. The zero-order valence-corrected chi connectivity index (χ0v) is 17.8. The van der Waals surface area contributed by atoms with E-state index in [1.165, 1.54) is 40.2 Å². The summed E-state index contributed by atoms with van der Waals surface area (Å²) in [4.78, 5) is 41.9. The molecule has 0 spiro atoms. The summed E-state index contributed by atoms with van der Waals surface area (Å²) in [5, 5.41) is -0.0393. The van der Waals surface area contributed by atoms with Gasteiger partial charge in [0.05, 0.1) is 17.5 Å². The van der Waals surface area contributed by atoms with Crippen LogP contribution in [0.3, 0.4) is 0 Å². The number of fused-ring (bicyclic) bond motifs is 5. The number of amides is 2. The van der Waals surface area contributed by atoms with Crippen LogP contribution in [-0.2, 0) is 19.1 Å². The molecule has 2 aromatic rings. The van der Waals surface area contributed by atoms with Crippen molar-refractivity contribution >= 4 is 57.9 Å². The number of nitrogens with zero attached hydrogens (tertiary/aromatic N) is 1. The molecule has 0 N–H and O–H groups in total. The van der Waals surface area contributed by atoms with Crippen LogP contribution in [0.15, 0.2) is 73.3 Å². The van der Waals surface area contributed by atoms with Gasteiger partial charge >= 0.3 is 0 Å². The molecule has 4 nitrogen and oxygen atoms in total. The first kappa shape index (κ1) is 19.0. The van der Waals surface area contributed by atoms with E-state index in [1.54, 1.807) is 18.2 Å². The Balaban J connectivity index is 1.69. The molecular weight excluding hydrogens is 422 g/mol. The monoisotopic (exact) mass is 439 g/mol. The van der Waals surface area contributed by atoms with E-state index < -0.39 is 20.0 Å². The van der Waals surface area contributed by atoms with Crippen molar-refractivity contribution in [1.29, 1.82) is 0 Å². The quantitative estimate of drug-likeness (QED) is 0.512. The lowest BCUT2D eigenvalue weighted by Crippen LogP contribution is -2.43. The first-order valence-electron chi connectivity index (χ1n) is 9.22. The molecule has 2 amide bonds. The van der Waals surface area contributed by atoms with E-state index in [0.29, 0.717) is 11.4 Å². The molecule has 29 heavy (non-hydrogen) atoms. The molecule has 3 saturated heterocycles. The molecule has 0 saturated carbocycles. The highest BCUT2D eigenvalue weighted by molar-refractivity contribution is 8.42. The predicted molar refractivity (Wildman–Crippen MR) is 120 cm³/mol. The number of imide groups is 1. The van der Waals surface area contributed by atoms with Gasteiger partial charge < -0.3 is 0 Å². The number of hydrogen-bond acceptors (Lipinski definition) is 6. The summed E-state index contributed by atoms with van der Waals surface area (Å²) in [7, 11) is 0. The number of hydrogen-bond donors (Lipinski definition) is 0. The first-order chi connectivity index (χ1) is 14.0. The number of thioether (sulfide) groups is 3. The number of carbonyl (C=O) groups excluding carboxylic acids is 3. The lowest BCUT2D eigenvalue weighted by molar-refractivity contribution is -0.126. The minimum absolute atomic E-state index is 0.0393. The second kappa shape index (κ2) is 6.79. The van der Waals surface area contributed by atoms with Gasteiger partial charge in [0.1, 0.15) is 8.16 Å². The van der Waals surface area contributed by atoms with Crippen LogP contribution in [0.4, 0.5) is 5.69 Å². The standard InChI is InChI=1S/C22H17NO3S3/c1-2-13-27-22-17-16(18(24)23(19(17)25)15-11-7-4-8-12-15)21(29-22,20(26)28-22)14-9-5-3-6-10-14/h2-12,16-17H,1,13H2/t16-,17+,21?,22?/m0/s1. The van der Waals surface area contributed by atoms with Gasteiger partial charge in [-0.3, -0.25) is 14.4 Å². The zero-order valence-electron chi connectivity index (χ0n) is 15.3. The van der Waals surface area contributed by atoms with Gasteiger partial charge in [0.2, 0.25) is 16.9 Å². The van der Waals surface area contributed by atoms with Crippen molar-refractivity contribution in [1.82, 2.24) is 0 Å². The van der Waals surface area contributed by atoms with E-state index in [-0.39, 0.29) is 16.9 Å². The van der Waals surface area contributed by atoms with Crippen LogP contribution < -0.4 is 4.90 Å². The molecule has 7 heteroatoms. The van der Waals surface area contributed by atoms with Crippen molar-refractivity contribution in [3.8, 4) is 0 Å². The second-order valence-corrected chi connectivity index (χ2v) is 11.9. The average Bonchev–Trinajstić information content (AvgIpc) is 3.32. The predicted octanol–water partition coefficient (Wildman–Crippen LogP) is 4.28. The molecule has 2 bridgehead atoms. The van der Waals surface area contributed by atoms with Crippen LogP contribution in [0.5, 0.6) is 0 Å². The molecule has 4 atom stereocenters. The molecule has 3 aliphatic rings. The summed E-state index contributed by atoms with van der Waals surface area (Å²) in [6, 6.07) is 18.4. The summed E-state index contributed by atoms with van der Waals surface area (Å²) in [6.07, 6.45) is 1.77. The van der Waals surface area contributed by atoms with Gasteiger partial charge in [-0.1, -0.05) is 66.4 Å². The molecule has 5 rings (SSSR count). The molecule has 0 radical (unpaired) electrons. The van der Waals surface area contributed by atoms with Crippen LogP contribution in [-0.4, -0.2) is 26.1 Å². The van der Waals surface area contributed by atoms with E-state index >= 15 is 0 Å². The summed E-state index contributed by atoms with van der Waals surface area (Å²) >= 11 is 4.24. The molecule has 0 aliphatic carbocycles. The van der Waals surface area contributed by atoms with E-state index in [4.69, 9.17) is 0 Å². The summed E-state index contributed by atoms with van der Waals surface area (Å²) in [5.74, 6) is -1.15. The summed E-state index contributed by atoms with van der Waals surface area (Å²) < 4.78 is -1.76. The Hall–Kier alpha value is -1.96. The van der Waals surface area contributed by atoms with Crippen LogP contribution >= 0.6 is 35.3 Å². The molecule has 3 fully saturated rings. The highest BCUT2D eigenvalue weighted by Gasteiger charge is 2.80. The summed E-state index contributed by atoms with van der Waals surface area (Å²) in [6.45, 7) is 3.79. The third kappa shape index (κ3) is 2.47. The lowest BCUT2D eigenvalue weighted by atomic mass is 9.79. The topological polar surface area (TPSA) is 54.5 Å². The normalized spacial score (nSPS) is 32.7. The highest BCUT2D eigenvalue weighted by Crippen LogP contribution is 2.78. The van der Waals surface area contributed by atoms with Crippen molar-refractivity contribution in [3.63, 3.8) is 0 Å². The van der Waals surface area contributed by atoms with E-state index in [1.807, 2.05) is 48.5 Å². The summed E-state index contributed by atoms with van der Waals surface area (Å²) in [5.41, 5.74) is 1.36. The third-order valence-corrected chi connectivity index (χ3v) is 11.1. The van der Waals surface area contributed by atoms with Crippen molar-refractivity contribution in [2.24, 2.45) is 11.8 Å². The molecule has 2 unspecified atom stereocenters. The first-order valence-corrected chi connectivity index (χ1v) is 11.8. The van der Waals surface area contributed by atoms with Crippen molar-refractivity contribution in [2.45, 2.75) is 8.16 Å². The molecular formula is C22H17NO3S3. The van der Waals surface area contributed by atoms with E-state index in [9.17, 15) is 14.4 Å². The van der Waals surface area contributed by atoms with Crippen LogP contribution in [0, 0.1) is 11.8 Å². The Morgan fingerprint density at radius 2 is 1.59 bits per heavy atom. The van der Waals surface area contributed by atoms with Gasteiger partial charge in [-0.05, 0) is 17.7 Å². The van der Waals surface area contributed by atoms with Gasteiger partial charge in [-0.2, -0.15) is 0 Å². The largest absolute Gasteiger partial charge is 0.285 e. The number of rotatable bonds is 5. The van der Waals surface area contributed by atoms with Crippen molar-refractivity contribution in [3.05, 3.63) is 78.9 Å². The molecule has 0 aromatic heterocycles. The number of para-hydroxylation sites is 1. The van der Waals surface area contributed by atoms with Crippen molar-refractivity contribution in [2.75, 3.05) is 10.7 Å². The third-order valence-electron chi connectivity index (χ3n) is 5.59. The molecule has 2 aromatic carbocycles. The fraction of sp³-hybridized carbons (Fsp3) is 0.227. The van der Waals surface area contributed by atoms with Crippen LogP contribution in [0.25, 0.3) is 0 Å².